The van der Waals surface area contributed by atoms with Crippen LogP contribution in [0.5, 0.6) is 5.75 Å². The second-order valence-electron chi connectivity index (χ2n) is 11.3. The molecule has 5 aromatic carbocycles. The zero-order chi connectivity index (χ0) is 27.6. The predicted octanol–water partition coefficient (Wildman–Crippen LogP) is 10.2. The third kappa shape index (κ3) is 3.64. The lowest BCUT2D eigenvalue weighted by Gasteiger charge is -2.38. The SMILES string of the molecule is CSc1ccc(C2(c3ccc(SC)cc3)C=Cc3c4c(c5ccccc5c3O2)-c2ccc(C)cc2C4(C)C)cc1. The van der Waals surface area contributed by atoms with Gasteiger partial charge < -0.3 is 4.74 Å². The summed E-state index contributed by atoms with van der Waals surface area (Å²) >= 11 is 3.52. The normalized spacial score (nSPS) is 15.8. The highest BCUT2D eigenvalue weighted by atomic mass is 32.2. The van der Waals surface area contributed by atoms with Gasteiger partial charge >= 0.3 is 0 Å². The monoisotopic (exact) mass is 556 g/mol. The maximum Gasteiger partial charge on any atom is 0.178 e. The van der Waals surface area contributed by atoms with Gasteiger partial charge in [0.15, 0.2) is 5.60 Å². The number of aryl methyl sites for hydroxylation is 1. The summed E-state index contributed by atoms with van der Waals surface area (Å²) in [5, 5.41) is 2.42. The van der Waals surface area contributed by atoms with E-state index in [9.17, 15) is 0 Å². The minimum Gasteiger partial charge on any atom is -0.472 e. The first-order valence-electron chi connectivity index (χ1n) is 13.8. The van der Waals surface area contributed by atoms with Crippen LogP contribution in [0.4, 0.5) is 0 Å². The standard InChI is InChI=1S/C37H32OS2/c1-23-10-19-30-32(22-23)36(2,3)34-31-20-21-37(24-11-15-26(39-4)16-12-24,25-13-17-27(40-5)18-14-25)38-35(31)29-9-7-6-8-28(29)33(30)34/h6-22H,1-5H3. The van der Waals surface area contributed by atoms with Crippen LogP contribution < -0.4 is 4.74 Å². The van der Waals surface area contributed by atoms with Crippen LogP contribution in [-0.2, 0) is 11.0 Å². The number of fused-ring (bicyclic) bond motifs is 8. The van der Waals surface area contributed by atoms with Crippen molar-refractivity contribution in [2.24, 2.45) is 0 Å². The lowest BCUT2D eigenvalue weighted by Crippen LogP contribution is -2.35. The Morgan fingerprint density at radius 2 is 1.30 bits per heavy atom. The van der Waals surface area contributed by atoms with E-state index < -0.39 is 5.60 Å². The van der Waals surface area contributed by atoms with Gasteiger partial charge in [0.05, 0.1) is 0 Å². The van der Waals surface area contributed by atoms with Crippen molar-refractivity contribution in [1.29, 1.82) is 0 Å². The van der Waals surface area contributed by atoms with Crippen molar-refractivity contribution in [2.45, 2.75) is 41.6 Å². The molecule has 5 aromatic rings. The van der Waals surface area contributed by atoms with Crippen LogP contribution in [0, 0.1) is 6.92 Å². The van der Waals surface area contributed by atoms with Crippen molar-refractivity contribution in [3.8, 4) is 16.9 Å². The second kappa shape index (κ2) is 9.33. The molecule has 1 heterocycles. The summed E-state index contributed by atoms with van der Waals surface area (Å²) in [4.78, 5) is 2.49. The summed E-state index contributed by atoms with van der Waals surface area (Å²) in [6.45, 7) is 6.92. The van der Waals surface area contributed by atoms with E-state index in [-0.39, 0.29) is 5.41 Å². The maximum atomic E-state index is 7.39. The molecule has 3 heteroatoms. The van der Waals surface area contributed by atoms with Crippen molar-refractivity contribution in [2.75, 3.05) is 12.5 Å². The van der Waals surface area contributed by atoms with E-state index in [1.807, 2.05) is 0 Å². The van der Waals surface area contributed by atoms with E-state index in [1.165, 1.54) is 48.6 Å². The topological polar surface area (TPSA) is 9.23 Å². The summed E-state index contributed by atoms with van der Waals surface area (Å²) in [5.74, 6) is 0.970. The fourth-order valence-electron chi connectivity index (χ4n) is 6.70. The Kier molecular flexibility index (Phi) is 5.96. The summed E-state index contributed by atoms with van der Waals surface area (Å²) < 4.78 is 7.39. The summed E-state index contributed by atoms with van der Waals surface area (Å²) in [6, 6.07) is 33.4. The molecule has 1 aliphatic heterocycles. The van der Waals surface area contributed by atoms with Crippen LogP contribution in [-0.4, -0.2) is 12.5 Å². The molecule has 40 heavy (non-hydrogen) atoms. The Hall–Kier alpha value is -3.40. The number of ether oxygens (including phenoxy) is 1. The second-order valence-corrected chi connectivity index (χ2v) is 13.1. The van der Waals surface area contributed by atoms with Gasteiger partial charge in [0.2, 0.25) is 0 Å². The molecule has 0 atom stereocenters. The van der Waals surface area contributed by atoms with E-state index in [4.69, 9.17) is 4.74 Å². The minimum absolute atomic E-state index is 0.140. The summed E-state index contributed by atoms with van der Waals surface area (Å²) in [6.07, 6.45) is 8.87. The van der Waals surface area contributed by atoms with Gasteiger partial charge in [-0.15, -0.1) is 23.5 Å². The van der Waals surface area contributed by atoms with Gasteiger partial charge in [-0.3, -0.25) is 0 Å². The molecule has 1 aliphatic carbocycles. The number of hydrogen-bond donors (Lipinski definition) is 0. The lowest BCUT2D eigenvalue weighted by atomic mass is 9.76. The van der Waals surface area contributed by atoms with Gasteiger partial charge in [-0.05, 0) is 77.4 Å². The summed E-state index contributed by atoms with van der Waals surface area (Å²) in [5.41, 5.74) is 9.34. The van der Waals surface area contributed by atoms with Gasteiger partial charge in [-0.1, -0.05) is 92.2 Å². The molecule has 0 bridgehead atoms. The quantitative estimate of drug-likeness (QED) is 0.204. The van der Waals surface area contributed by atoms with Crippen LogP contribution in [0.3, 0.4) is 0 Å². The van der Waals surface area contributed by atoms with Crippen molar-refractivity contribution in [1.82, 2.24) is 0 Å². The minimum atomic E-state index is -0.732. The number of rotatable bonds is 4. The largest absolute Gasteiger partial charge is 0.472 e. The number of benzene rings is 5. The van der Waals surface area contributed by atoms with Crippen molar-refractivity contribution in [3.05, 3.63) is 130 Å². The molecule has 0 fully saturated rings. The molecular formula is C37H32OS2. The molecule has 7 rings (SSSR count). The molecule has 2 aliphatic rings. The number of hydrogen-bond acceptors (Lipinski definition) is 3. The van der Waals surface area contributed by atoms with Crippen LogP contribution in [0.2, 0.25) is 0 Å². The van der Waals surface area contributed by atoms with Crippen LogP contribution >= 0.6 is 23.5 Å². The Morgan fingerprint density at radius 3 is 1.90 bits per heavy atom. The summed E-state index contributed by atoms with van der Waals surface area (Å²) in [7, 11) is 0. The number of thioether (sulfide) groups is 2. The smallest absolute Gasteiger partial charge is 0.178 e. The molecule has 0 amide bonds. The fraction of sp³-hybridized carbons (Fsp3) is 0.189. The van der Waals surface area contributed by atoms with Crippen LogP contribution in [0.1, 0.15) is 47.2 Å². The van der Waals surface area contributed by atoms with Gasteiger partial charge in [0.25, 0.3) is 0 Å². The first kappa shape index (κ1) is 25.6. The van der Waals surface area contributed by atoms with Crippen molar-refractivity contribution < 1.29 is 4.74 Å². The highest BCUT2D eigenvalue weighted by Gasteiger charge is 2.44. The third-order valence-electron chi connectivity index (χ3n) is 8.73. The molecule has 198 valence electrons. The van der Waals surface area contributed by atoms with E-state index in [0.717, 1.165) is 22.3 Å². The lowest BCUT2D eigenvalue weighted by molar-refractivity contribution is 0.163. The Labute approximate surface area is 245 Å². The molecule has 0 saturated carbocycles. The van der Waals surface area contributed by atoms with Gasteiger partial charge in [0.1, 0.15) is 5.75 Å². The molecule has 0 unspecified atom stereocenters. The average molecular weight is 557 g/mol. The Balaban J connectivity index is 1.52. The van der Waals surface area contributed by atoms with Gasteiger partial charge in [0, 0.05) is 37.3 Å². The van der Waals surface area contributed by atoms with Gasteiger partial charge in [-0.25, -0.2) is 0 Å². The maximum absolute atomic E-state index is 7.39. The van der Waals surface area contributed by atoms with E-state index in [1.54, 1.807) is 23.5 Å². The molecule has 0 aromatic heterocycles. The third-order valence-corrected chi connectivity index (χ3v) is 10.2. The van der Waals surface area contributed by atoms with E-state index in [0.29, 0.717) is 0 Å². The van der Waals surface area contributed by atoms with Crippen molar-refractivity contribution >= 4 is 40.4 Å². The average Bonchev–Trinajstić information content (AvgIpc) is 3.23. The van der Waals surface area contributed by atoms with Gasteiger partial charge in [-0.2, -0.15) is 0 Å². The first-order chi connectivity index (χ1) is 19.4. The molecule has 1 nitrogen and oxygen atoms in total. The fourth-order valence-corrected chi connectivity index (χ4v) is 7.52. The van der Waals surface area contributed by atoms with Crippen LogP contribution in [0.15, 0.2) is 107 Å². The van der Waals surface area contributed by atoms with E-state index in [2.05, 4.69) is 136 Å². The van der Waals surface area contributed by atoms with E-state index >= 15 is 0 Å². The molecule has 0 radical (unpaired) electrons. The molecule has 0 spiro atoms. The van der Waals surface area contributed by atoms with Crippen molar-refractivity contribution in [3.63, 3.8) is 0 Å². The Bertz CT molecular complexity index is 1760. The molecular weight excluding hydrogens is 525 g/mol. The Morgan fingerprint density at radius 1 is 0.700 bits per heavy atom. The first-order valence-corrected chi connectivity index (χ1v) is 16.2. The predicted molar refractivity (Wildman–Crippen MR) is 173 cm³/mol. The highest BCUT2D eigenvalue weighted by molar-refractivity contribution is 7.98. The molecule has 0 saturated heterocycles. The van der Waals surface area contributed by atoms with Crippen LogP contribution in [0.25, 0.3) is 28.0 Å². The zero-order valence-corrected chi connectivity index (χ0v) is 25.2. The highest BCUT2D eigenvalue weighted by Crippen LogP contribution is 2.58. The zero-order valence-electron chi connectivity index (χ0n) is 23.5. The molecule has 0 N–H and O–H groups in total.